The molecule has 1 aliphatic heterocycles. The number of hydrogen-bond donors (Lipinski definition) is 1. The first kappa shape index (κ1) is 14.2. The Bertz CT molecular complexity index is 586. The van der Waals surface area contributed by atoms with Crippen molar-refractivity contribution in [1.29, 1.82) is 0 Å². The van der Waals surface area contributed by atoms with E-state index in [-0.39, 0.29) is 12.1 Å². The molecule has 0 aromatic carbocycles. The molecule has 2 aromatic heterocycles. The first-order valence-electron chi connectivity index (χ1n) is 7.31. The zero-order chi connectivity index (χ0) is 14.8. The molecule has 0 amide bonds. The SMILES string of the molecule is CC1CCN(C(C)c2nc(-c3cccnc3)no2)CC1O. The standard InChI is InChI=1S/C15H20N4O2/c1-10-5-7-19(9-13(10)20)11(2)15-17-14(18-21-15)12-4-3-6-16-8-12/h3-4,6,8,10-11,13,20H,5,7,9H2,1-2H3. The number of likely N-dealkylation sites (tertiary alicyclic amines) is 1. The fourth-order valence-electron chi connectivity index (χ4n) is 2.60. The average molecular weight is 288 g/mol. The van der Waals surface area contributed by atoms with Crippen molar-refractivity contribution in [3.8, 4) is 11.4 Å². The molecule has 3 rings (SSSR count). The van der Waals surface area contributed by atoms with Gasteiger partial charge in [0, 0.05) is 24.5 Å². The maximum Gasteiger partial charge on any atom is 0.244 e. The van der Waals surface area contributed by atoms with E-state index in [0.717, 1.165) is 18.5 Å². The van der Waals surface area contributed by atoms with Crippen LogP contribution in [0.25, 0.3) is 11.4 Å². The molecule has 1 N–H and O–H groups in total. The number of nitrogens with zero attached hydrogens (tertiary/aromatic N) is 4. The second-order valence-corrected chi connectivity index (χ2v) is 5.70. The van der Waals surface area contributed by atoms with Gasteiger partial charge in [-0.05, 0) is 37.9 Å². The fourth-order valence-corrected chi connectivity index (χ4v) is 2.60. The van der Waals surface area contributed by atoms with Gasteiger partial charge in [0.2, 0.25) is 11.7 Å². The van der Waals surface area contributed by atoms with Crippen molar-refractivity contribution in [3.63, 3.8) is 0 Å². The lowest BCUT2D eigenvalue weighted by Gasteiger charge is -2.36. The molecule has 3 heterocycles. The van der Waals surface area contributed by atoms with Crippen molar-refractivity contribution < 1.29 is 9.63 Å². The van der Waals surface area contributed by atoms with Crippen LogP contribution in [0.15, 0.2) is 29.0 Å². The molecule has 3 atom stereocenters. The molecule has 6 nitrogen and oxygen atoms in total. The van der Waals surface area contributed by atoms with E-state index < -0.39 is 0 Å². The molecule has 0 radical (unpaired) electrons. The Hall–Kier alpha value is -1.79. The maximum absolute atomic E-state index is 10.0. The normalized spacial score (nSPS) is 24.9. The number of β-amino-alcohol motifs (C(OH)–C–C–N with tert-alkyl or cyclic N) is 1. The first-order valence-corrected chi connectivity index (χ1v) is 7.31. The van der Waals surface area contributed by atoms with Crippen LogP contribution in [0.4, 0.5) is 0 Å². The summed E-state index contributed by atoms with van der Waals surface area (Å²) in [6.07, 6.45) is 4.12. The van der Waals surface area contributed by atoms with E-state index in [1.165, 1.54) is 0 Å². The molecule has 1 saturated heterocycles. The predicted molar refractivity (Wildman–Crippen MR) is 77.3 cm³/mol. The zero-order valence-electron chi connectivity index (χ0n) is 12.3. The van der Waals surface area contributed by atoms with Crippen molar-refractivity contribution in [2.24, 2.45) is 5.92 Å². The van der Waals surface area contributed by atoms with E-state index >= 15 is 0 Å². The van der Waals surface area contributed by atoms with Crippen LogP contribution in [-0.4, -0.2) is 44.3 Å². The molecular weight excluding hydrogens is 268 g/mol. The summed E-state index contributed by atoms with van der Waals surface area (Å²) >= 11 is 0. The summed E-state index contributed by atoms with van der Waals surface area (Å²) in [5.74, 6) is 1.48. The van der Waals surface area contributed by atoms with Crippen LogP contribution in [0.2, 0.25) is 0 Å². The number of aliphatic hydroxyl groups is 1. The topological polar surface area (TPSA) is 75.3 Å². The third kappa shape index (κ3) is 2.96. The maximum atomic E-state index is 10.0. The van der Waals surface area contributed by atoms with Crippen LogP contribution in [0.1, 0.15) is 32.2 Å². The van der Waals surface area contributed by atoms with Gasteiger partial charge in [-0.25, -0.2) is 0 Å². The third-order valence-electron chi connectivity index (χ3n) is 4.22. The Labute approximate surface area is 123 Å². The summed E-state index contributed by atoms with van der Waals surface area (Å²) in [4.78, 5) is 10.7. The highest BCUT2D eigenvalue weighted by molar-refractivity contribution is 5.51. The smallest absolute Gasteiger partial charge is 0.244 e. The summed E-state index contributed by atoms with van der Waals surface area (Å²) in [6, 6.07) is 3.75. The average Bonchev–Trinajstić information content (AvgIpc) is 3.00. The van der Waals surface area contributed by atoms with Crippen LogP contribution in [0.3, 0.4) is 0 Å². The summed E-state index contributed by atoms with van der Waals surface area (Å²) in [6.45, 7) is 5.69. The van der Waals surface area contributed by atoms with E-state index in [0.29, 0.717) is 24.2 Å². The molecule has 0 aliphatic carbocycles. The highest BCUT2D eigenvalue weighted by atomic mass is 16.5. The van der Waals surface area contributed by atoms with Gasteiger partial charge in [0.1, 0.15) is 0 Å². The lowest BCUT2D eigenvalue weighted by atomic mass is 9.95. The minimum absolute atomic E-state index is 0.00470. The van der Waals surface area contributed by atoms with Crippen molar-refractivity contribution in [1.82, 2.24) is 20.0 Å². The molecular formula is C15H20N4O2. The van der Waals surface area contributed by atoms with E-state index in [9.17, 15) is 5.11 Å². The molecule has 0 bridgehead atoms. The Morgan fingerprint density at radius 1 is 1.48 bits per heavy atom. The largest absolute Gasteiger partial charge is 0.392 e. The molecule has 3 unspecified atom stereocenters. The number of piperidine rings is 1. The van der Waals surface area contributed by atoms with Crippen LogP contribution in [0, 0.1) is 5.92 Å². The summed E-state index contributed by atoms with van der Waals surface area (Å²) in [5.41, 5.74) is 0.840. The molecule has 112 valence electrons. The van der Waals surface area contributed by atoms with Gasteiger partial charge >= 0.3 is 0 Å². The van der Waals surface area contributed by atoms with E-state index in [1.54, 1.807) is 12.4 Å². The highest BCUT2D eigenvalue weighted by Crippen LogP contribution is 2.27. The number of aromatic nitrogens is 3. The Morgan fingerprint density at radius 2 is 2.33 bits per heavy atom. The first-order chi connectivity index (χ1) is 10.1. The highest BCUT2D eigenvalue weighted by Gasteiger charge is 2.30. The van der Waals surface area contributed by atoms with Gasteiger partial charge in [-0.2, -0.15) is 4.98 Å². The number of pyridine rings is 1. The lowest BCUT2D eigenvalue weighted by molar-refractivity contribution is 0.00707. The number of aliphatic hydroxyl groups excluding tert-OH is 1. The molecule has 1 fully saturated rings. The molecule has 1 aliphatic rings. The molecule has 0 saturated carbocycles. The third-order valence-corrected chi connectivity index (χ3v) is 4.22. The second kappa shape index (κ2) is 5.91. The van der Waals surface area contributed by atoms with Crippen molar-refractivity contribution in [3.05, 3.63) is 30.4 Å². The fraction of sp³-hybridized carbons (Fsp3) is 0.533. The van der Waals surface area contributed by atoms with Crippen LogP contribution in [-0.2, 0) is 0 Å². The lowest BCUT2D eigenvalue weighted by Crippen LogP contribution is -2.43. The van der Waals surface area contributed by atoms with Crippen molar-refractivity contribution >= 4 is 0 Å². The second-order valence-electron chi connectivity index (χ2n) is 5.70. The molecule has 0 spiro atoms. The van der Waals surface area contributed by atoms with E-state index in [4.69, 9.17) is 4.52 Å². The molecule has 21 heavy (non-hydrogen) atoms. The van der Waals surface area contributed by atoms with Crippen LogP contribution in [0.5, 0.6) is 0 Å². The van der Waals surface area contributed by atoms with Gasteiger partial charge in [-0.1, -0.05) is 12.1 Å². The van der Waals surface area contributed by atoms with E-state index in [2.05, 4.69) is 26.9 Å². The van der Waals surface area contributed by atoms with Gasteiger partial charge in [0.05, 0.1) is 12.1 Å². The minimum atomic E-state index is -0.290. The minimum Gasteiger partial charge on any atom is -0.392 e. The van der Waals surface area contributed by atoms with Crippen molar-refractivity contribution in [2.75, 3.05) is 13.1 Å². The molecule has 6 heteroatoms. The van der Waals surface area contributed by atoms with Gasteiger partial charge in [-0.15, -0.1) is 0 Å². The summed E-state index contributed by atoms with van der Waals surface area (Å²) < 4.78 is 5.38. The van der Waals surface area contributed by atoms with Gasteiger partial charge < -0.3 is 9.63 Å². The number of rotatable bonds is 3. The Balaban J connectivity index is 1.74. The van der Waals surface area contributed by atoms with Crippen LogP contribution >= 0.6 is 0 Å². The van der Waals surface area contributed by atoms with Gasteiger partial charge in [0.15, 0.2) is 0 Å². The number of hydrogen-bond acceptors (Lipinski definition) is 6. The van der Waals surface area contributed by atoms with Crippen molar-refractivity contribution in [2.45, 2.75) is 32.4 Å². The predicted octanol–water partition coefficient (Wildman–Crippen LogP) is 1.90. The van der Waals surface area contributed by atoms with Gasteiger partial charge in [0.25, 0.3) is 0 Å². The van der Waals surface area contributed by atoms with Crippen LogP contribution < -0.4 is 0 Å². The quantitative estimate of drug-likeness (QED) is 0.929. The summed E-state index contributed by atoms with van der Waals surface area (Å²) in [7, 11) is 0. The monoisotopic (exact) mass is 288 g/mol. The van der Waals surface area contributed by atoms with E-state index in [1.807, 2.05) is 19.1 Å². The van der Waals surface area contributed by atoms with Gasteiger partial charge in [-0.3, -0.25) is 9.88 Å². The zero-order valence-corrected chi connectivity index (χ0v) is 12.3. The Kier molecular flexibility index (Phi) is 3.98. The summed E-state index contributed by atoms with van der Waals surface area (Å²) in [5, 5.41) is 14.0. The Morgan fingerprint density at radius 3 is 3.05 bits per heavy atom. The molecule has 2 aromatic rings.